The van der Waals surface area contributed by atoms with Gasteiger partial charge >= 0.3 is 0 Å². The van der Waals surface area contributed by atoms with E-state index in [-0.39, 0.29) is 12.0 Å². The molecule has 1 aromatic carbocycles. The second-order valence-electron chi connectivity index (χ2n) is 6.74. The Morgan fingerprint density at radius 3 is 2.96 bits per heavy atom. The van der Waals surface area contributed by atoms with E-state index in [0.29, 0.717) is 18.4 Å². The van der Waals surface area contributed by atoms with Crippen LogP contribution in [-0.4, -0.2) is 28.9 Å². The number of thiazole rings is 1. The number of fused-ring (bicyclic) bond motifs is 1. The lowest BCUT2D eigenvalue weighted by molar-refractivity contribution is -0.137. The quantitative estimate of drug-likeness (QED) is 0.939. The van der Waals surface area contributed by atoms with Crippen LogP contribution in [0.25, 0.3) is 10.2 Å². The zero-order valence-corrected chi connectivity index (χ0v) is 14.1. The number of carbonyl (C=O) groups excluding carboxylic acids is 1. The van der Waals surface area contributed by atoms with Crippen LogP contribution in [0.4, 0.5) is 0 Å². The zero-order chi connectivity index (χ0) is 15.8. The van der Waals surface area contributed by atoms with Crippen LogP contribution in [0.3, 0.4) is 0 Å². The van der Waals surface area contributed by atoms with Crippen LogP contribution in [0.2, 0.25) is 0 Å². The monoisotopic (exact) mass is 329 g/mol. The number of nitrogens with two attached hydrogens (primary N) is 1. The molecule has 0 radical (unpaired) electrons. The number of hydrogen-bond acceptors (Lipinski definition) is 4. The van der Waals surface area contributed by atoms with Crippen LogP contribution in [-0.2, 0) is 4.79 Å². The maximum Gasteiger partial charge on any atom is 0.226 e. The molecule has 2 N–H and O–H groups in total. The van der Waals surface area contributed by atoms with Crippen LogP contribution in [0.15, 0.2) is 24.3 Å². The third kappa shape index (κ3) is 2.66. The van der Waals surface area contributed by atoms with Crippen LogP contribution in [0, 0.1) is 11.8 Å². The Morgan fingerprint density at radius 2 is 2.13 bits per heavy atom. The van der Waals surface area contributed by atoms with Gasteiger partial charge in [-0.25, -0.2) is 4.98 Å². The van der Waals surface area contributed by atoms with E-state index in [1.807, 2.05) is 12.1 Å². The molecule has 0 spiro atoms. The van der Waals surface area contributed by atoms with Gasteiger partial charge in [-0.3, -0.25) is 4.79 Å². The largest absolute Gasteiger partial charge is 0.333 e. The number of carbonyl (C=O) groups is 1. The van der Waals surface area contributed by atoms with Gasteiger partial charge in [0.15, 0.2) is 0 Å². The third-order valence-electron chi connectivity index (χ3n) is 5.41. The fourth-order valence-electron chi connectivity index (χ4n) is 4.18. The summed E-state index contributed by atoms with van der Waals surface area (Å²) in [5, 5.41) is 1.10. The molecule has 1 amide bonds. The van der Waals surface area contributed by atoms with Crippen molar-refractivity contribution >= 4 is 27.5 Å². The molecule has 2 heterocycles. The van der Waals surface area contributed by atoms with E-state index >= 15 is 0 Å². The number of hydrogen-bond donors (Lipinski definition) is 1. The summed E-state index contributed by atoms with van der Waals surface area (Å²) in [6.07, 6.45) is 5.35. The molecule has 2 fully saturated rings. The molecular weight excluding hydrogens is 306 g/mol. The SMILES string of the molecule is NC[C@H]1CCC[C@H]1C(=O)N1CCCC1c1nc2ccccc2s1. The lowest BCUT2D eigenvalue weighted by Crippen LogP contribution is -2.38. The fourth-order valence-corrected chi connectivity index (χ4v) is 5.29. The standard InChI is InChI=1S/C18H23N3OS/c19-11-12-5-3-6-13(12)18(22)21-10-4-8-15(21)17-20-14-7-1-2-9-16(14)23-17/h1-2,7,9,12-13,15H,3-6,8,10-11,19H2/t12-,13-,15?/m1/s1. The molecule has 4 nitrogen and oxygen atoms in total. The van der Waals surface area contributed by atoms with Crippen molar-refractivity contribution in [1.29, 1.82) is 0 Å². The number of likely N-dealkylation sites (tertiary alicyclic amines) is 1. The molecular formula is C18H23N3OS. The second kappa shape index (κ2) is 6.21. The highest BCUT2D eigenvalue weighted by atomic mass is 32.1. The summed E-state index contributed by atoms with van der Waals surface area (Å²) in [7, 11) is 0. The Hall–Kier alpha value is -1.46. The van der Waals surface area contributed by atoms with Crippen molar-refractivity contribution in [1.82, 2.24) is 9.88 Å². The minimum atomic E-state index is 0.134. The molecule has 2 aromatic rings. The minimum Gasteiger partial charge on any atom is -0.333 e. The Morgan fingerprint density at radius 1 is 1.26 bits per heavy atom. The zero-order valence-electron chi connectivity index (χ0n) is 13.3. The van der Waals surface area contributed by atoms with E-state index in [2.05, 4.69) is 17.0 Å². The number of benzene rings is 1. The smallest absolute Gasteiger partial charge is 0.226 e. The summed E-state index contributed by atoms with van der Waals surface area (Å²) in [6.45, 7) is 1.50. The van der Waals surface area contributed by atoms with Crippen molar-refractivity contribution in [2.75, 3.05) is 13.1 Å². The van der Waals surface area contributed by atoms with Crippen LogP contribution >= 0.6 is 11.3 Å². The lowest BCUT2D eigenvalue weighted by atomic mass is 9.94. The highest BCUT2D eigenvalue weighted by molar-refractivity contribution is 7.18. The third-order valence-corrected chi connectivity index (χ3v) is 6.55. The highest BCUT2D eigenvalue weighted by Gasteiger charge is 2.39. The number of amides is 1. The summed E-state index contributed by atoms with van der Waals surface area (Å²) in [5.41, 5.74) is 6.93. The van der Waals surface area contributed by atoms with Gasteiger partial charge < -0.3 is 10.6 Å². The van der Waals surface area contributed by atoms with Gasteiger partial charge in [-0.2, -0.15) is 0 Å². The van der Waals surface area contributed by atoms with Crippen molar-refractivity contribution in [3.05, 3.63) is 29.3 Å². The Labute approximate surface area is 140 Å². The summed E-state index contributed by atoms with van der Waals surface area (Å²) in [6, 6.07) is 8.40. The van der Waals surface area contributed by atoms with Gasteiger partial charge in [0.05, 0.1) is 16.3 Å². The van der Waals surface area contributed by atoms with Crippen LogP contribution in [0.1, 0.15) is 43.2 Å². The molecule has 122 valence electrons. The Balaban J connectivity index is 1.59. The average Bonchev–Trinajstić information content (AvgIpc) is 3.30. The summed E-state index contributed by atoms with van der Waals surface area (Å²) in [4.78, 5) is 19.9. The number of aromatic nitrogens is 1. The van der Waals surface area contributed by atoms with Crippen LogP contribution < -0.4 is 5.73 Å². The molecule has 23 heavy (non-hydrogen) atoms. The molecule has 1 aliphatic heterocycles. The molecule has 5 heteroatoms. The van der Waals surface area contributed by atoms with Crippen molar-refractivity contribution < 1.29 is 4.79 Å². The average molecular weight is 329 g/mol. The first-order valence-electron chi connectivity index (χ1n) is 8.64. The van der Waals surface area contributed by atoms with Crippen molar-refractivity contribution in [3.63, 3.8) is 0 Å². The molecule has 1 aliphatic carbocycles. The first kappa shape index (κ1) is 15.1. The Kier molecular flexibility index (Phi) is 4.07. The van der Waals surface area contributed by atoms with E-state index in [0.717, 1.165) is 49.2 Å². The maximum absolute atomic E-state index is 13.1. The van der Waals surface area contributed by atoms with Gasteiger partial charge in [-0.15, -0.1) is 11.3 Å². The van der Waals surface area contributed by atoms with Gasteiger partial charge in [0, 0.05) is 12.5 Å². The molecule has 1 aromatic heterocycles. The van der Waals surface area contributed by atoms with E-state index < -0.39 is 0 Å². The molecule has 4 rings (SSSR count). The van der Waals surface area contributed by atoms with Gasteiger partial charge in [0.1, 0.15) is 5.01 Å². The predicted molar refractivity (Wildman–Crippen MR) is 93.2 cm³/mol. The molecule has 3 atom stereocenters. The highest BCUT2D eigenvalue weighted by Crippen LogP contribution is 2.40. The fraction of sp³-hybridized carbons (Fsp3) is 0.556. The molecule has 0 bridgehead atoms. The molecule has 1 saturated heterocycles. The summed E-state index contributed by atoms with van der Waals surface area (Å²) < 4.78 is 1.21. The Bertz CT molecular complexity index is 680. The number of rotatable bonds is 3. The first-order chi connectivity index (χ1) is 11.3. The summed E-state index contributed by atoms with van der Waals surface area (Å²) >= 11 is 1.74. The topological polar surface area (TPSA) is 59.2 Å². The van der Waals surface area contributed by atoms with E-state index in [4.69, 9.17) is 10.7 Å². The molecule has 1 saturated carbocycles. The lowest BCUT2D eigenvalue weighted by Gasteiger charge is -2.28. The summed E-state index contributed by atoms with van der Waals surface area (Å²) in [5.74, 6) is 0.828. The van der Waals surface area contributed by atoms with Crippen LogP contribution in [0.5, 0.6) is 0 Å². The minimum absolute atomic E-state index is 0.134. The van der Waals surface area contributed by atoms with E-state index in [1.54, 1.807) is 11.3 Å². The van der Waals surface area contributed by atoms with Gasteiger partial charge in [-0.05, 0) is 50.3 Å². The second-order valence-corrected chi connectivity index (χ2v) is 7.80. The van der Waals surface area contributed by atoms with Crippen molar-refractivity contribution in [3.8, 4) is 0 Å². The number of para-hydroxylation sites is 1. The van der Waals surface area contributed by atoms with Gasteiger partial charge in [-0.1, -0.05) is 18.6 Å². The maximum atomic E-state index is 13.1. The van der Waals surface area contributed by atoms with E-state index in [1.165, 1.54) is 4.70 Å². The predicted octanol–water partition coefficient (Wildman–Crippen LogP) is 3.33. The number of nitrogens with zero attached hydrogens (tertiary/aromatic N) is 2. The molecule has 1 unspecified atom stereocenters. The van der Waals surface area contributed by atoms with Gasteiger partial charge in [0.2, 0.25) is 5.91 Å². The first-order valence-corrected chi connectivity index (χ1v) is 9.45. The molecule has 2 aliphatic rings. The van der Waals surface area contributed by atoms with Gasteiger partial charge in [0.25, 0.3) is 0 Å². The van der Waals surface area contributed by atoms with Crippen molar-refractivity contribution in [2.24, 2.45) is 17.6 Å². The van der Waals surface area contributed by atoms with Crippen molar-refractivity contribution in [2.45, 2.75) is 38.1 Å². The van der Waals surface area contributed by atoms with E-state index in [9.17, 15) is 4.79 Å². The normalized spacial score (nSPS) is 27.9.